The van der Waals surface area contributed by atoms with Gasteiger partial charge in [-0.3, -0.25) is 4.79 Å². The van der Waals surface area contributed by atoms with Gasteiger partial charge in [0.25, 0.3) is 0 Å². The van der Waals surface area contributed by atoms with Crippen molar-refractivity contribution in [3.8, 4) is 0 Å². The molecule has 1 N–H and O–H groups in total. The number of carbonyl (C=O) groups is 1. The number of halogens is 3. The standard InChI is InChI=1S/C23H30FN5OS.2ClH/c1-15(2)25-12-19(17-4-6-18(24)7-5-17)23(30)29-10-8-28(9-11-29)22-21-16(3)31-13-20(21)26-14-27-22;;/h4-7,14-16,19,25H,8-13H2,1-3H3;2*1H. The maximum atomic E-state index is 13.4. The molecule has 0 bridgehead atoms. The summed E-state index contributed by atoms with van der Waals surface area (Å²) in [5.74, 6) is 1.44. The highest BCUT2D eigenvalue weighted by Gasteiger charge is 2.32. The van der Waals surface area contributed by atoms with E-state index in [9.17, 15) is 9.18 Å². The molecule has 1 aromatic heterocycles. The van der Waals surface area contributed by atoms with Gasteiger partial charge in [-0.05, 0) is 24.6 Å². The van der Waals surface area contributed by atoms with Gasteiger partial charge in [0.15, 0.2) is 0 Å². The maximum absolute atomic E-state index is 13.4. The Morgan fingerprint density at radius 3 is 2.45 bits per heavy atom. The fourth-order valence-electron chi connectivity index (χ4n) is 4.25. The van der Waals surface area contributed by atoms with Crippen LogP contribution in [0.15, 0.2) is 30.6 Å². The highest BCUT2D eigenvalue weighted by Crippen LogP contribution is 2.44. The summed E-state index contributed by atoms with van der Waals surface area (Å²) >= 11 is 1.89. The minimum absolute atomic E-state index is 0. The van der Waals surface area contributed by atoms with Crippen LogP contribution in [0, 0.1) is 5.82 Å². The molecular formula is C23H32Cl2FN5OS. The fourth-order valence-corrected chi connectivity index (χ4v) is 5.29. The molecule has 2 aromatic rings. The predicted octanol–water partition coefficient (Wildman–Crippen LogP) is 4.20. The number of hydrogen-bond donors (Lipinski definition) is 1. The van der Waals surface area contributed by atoms with Crippen LogP contribution in [0.5, 0.6) is 0 Å². The van der Waals surface area contributed by atoms with E-state index < -0.39 is 0 Å². The van der Waals surface area contributed by atoms with Crippen LogP contribution in [0.25, 0.3) is 0 Å². The van der Waals surface area contributed by atoms with Crippen molar-refractivity contribution in [1.82, 2.24) is 20.2 Å². The first-order valence-corrected chi connectivity index (χ1v) is 12.0. The molecule has 1 fully saturated rings. The molecular weight excluding hydrogens is 484 g/mol. The molecule has 2 atom stereocenters. The van der Waals surface area contributed by atoms with Crippen LogP contribution >= 0.6 is 36.6 Å². The molecule has 0 saturated carbocycles. The van der Waals surface area contributed by atoms with E-state index in [1.165, 1.54) is 17.7 Å². The molecule has 4 rings (SSSR count). The Hall–Kier alpha value is -1.61. The average Bonchev–Trinajstić information content (AvgIpc) is 3.16. The lowest BCUT2D eigenvalue weighted by atomic mass is 9.96. The highest BCUT2D eigenvalue weighted by atomic mass is 35.5. The quantitative estimate of drug-likeness (QED) is 0.621. The molecule has 0 radical (unpaired) electrons. The van der Waals surface area contributed by atoms with Crippen molar-refractivity contribution < 1.29 is 9.18 Å². The molecule has 10 heteroatoms. The Balaban J connectivity index is 0.00000193. The van der Waals surface area contributed by atoms with E-state index in [1.807, 2.05) is 16.7 Å². The molecule has 2 aliphatic rings. The van der Waals surface area contributed by atoms with Crippen LogP contribution < -0.4 is 10.2 Å². The van der Waals surface area contributed by atoms with Crippen molar-refractivity contribution in [3.05, 3.63) is 53.2 Å². The number of fused-ring (bicyclic) bond motifs is 1. The Bertz CT molecular complexity index is 926. The summed E-state index contributed by atoms with van der Waals surface area (Å²) in [4.78, 5) is 26.7. The molecule has 1 aromatic carbocycles. The molecule has 6 nitrogen and oxygen atoms in total. The molecule has 1 saturated heterocycles. The van der Waals surface area contributed by atoms with Gasteiger partial charge in [-0.15, -0.1) is 36.6 Å². The second-order valence-corrected chi connectivity index (χ2v) is 9.82. The Morgan fingerprint density at radius 1 is 1.15 bits per heavy atom. The minimum Gasteiger partial charge on any atom is -0.353 e. The summed E-state index contributed by atoms with van der Waals surface area (Å²) in [5, 5.41) is 3.77. The van der Waals surface area contributed by atoms with Gasteiger partial charge < -0.3 is 15.1 Å². The number of nitrogens with one attached hydrogen (secondary N) is 1. The van der Waals surface area contributed by atoms with Crippen LogP contribution in [0.4, 0.5) is 10.2 Å². The molecule has 3 heterocycles. The molecule has 182 valence electrons. The first-order chi connectivity index (χ1) is 14.9. The molecule has 1 amide bonds. The van der Waals surface area contributed by atoms with Crippen LogP contribution in [0.2, 0.25) is 0 Å². The predicted molar refractivity (Wildman–Crippen MR) is 137 cm³/mol. The molecule has 33 heavy (non-hydrogen) atoms. The number of hydrogen-bond acceptors (Lipinski definition) is 6. The lowest BCUT2D eigenvalue weighted by Crippen LogP contribution is -2.51. The zero-order valence-electron chi connectivity index (χ0n) is 19.2. The molecule has 2 unspecified atom stereocenters. The Morgan fingerprint density at radius 2 is 1.82 bits per heavy atom. The van der Waals surface area contributed by atoms with Crippen molar-refractivity contribution in [2.75, 3.05) is 37.6 Å². The van der Waals surface area contributed by atoms with Crippen LogP contribution in [0.3, 0.4) is 0 Å². The van der Waals surface area contributed by atoms with Gasteiger partial charge in [-0.2, -0.15) is 0 Å². The van der Waals surface area contributed by atoms with Crippen molar-refractivity contribution in [1.29, 1.82) is 0 Å². The normalized spacial score (nSPS) is 18.4. The molecule has 0 spiro atoms. The molecule has 0 aliphatic carbocycles. The summed E-state index contributed by atoms with van der Waals surface area (Å²) in [7, 11) is 0. The summed E-state index contributed by atoms with van der Waals surface area (Å²) in [6.45, 7) is 9.67. The smallest absolute Gasteiger partial charge is 0.231 e. The maximum Gasteiger partial charge on any atom is 0.231 e. The number of carbonyl (C=O) groups excluding carboxylic acids is 1. The number of piperazine rings is 1. The van der Waals surface area contributed by atoms with Crippen molar-refractivity contribution >= 4 is 48.3 Å². The van der Waals surface area contributed by atoms with Gasteiger partial charge >= 0.3 is 0 Å². The summed E-state index contributed by atoms with van der Waals surface area (Å²) < 4.78 is 13.4. The van der Waals surface area contributed by atoms with Crippen LogP contribution in [0.1, 0.15) is 48.8 Å². The number of rotatable bonds is 6. The number of benzene rings is 1. The van der Waals surface area contributed by atoms with Crippen molar-refractivity contribution in [2.45, 2.75) is 43.7 Å². The average molecular weight is 517 g/mol. The first kappa shape index (κ1) is 27.6. The third-order valence-corrected chi connectivity index (χ3v) is 7.19. The number of amides is 1. The second kappa shape index (κ2) is 12.2. The van der Waals surface area contributed by atoms with Gasteiger partial charge in [0.05, 0.1) is 11.6 Å². The third kappa shape index (κ3) is 6.29. The summed E-state index contributed by atoms with van der Waals surface area (Å²) in [5.41, 5.74) is 3.23. The highest BCUT2D eigenvalue weighted by molar-refractivity contribution is 7.99. The monoisotopic (exact) mass is 515 g/mol. The van der Waals surface area contributed by atoms with E-state index in [-0.39, 0.29) is 48.5 Å². The van der Waals surface area contributed by atoms with E-state index in [0.29, 0.717) is 24.9 Å². The van der Waals surface area contributed by atoms with Gasteiger partial charge in [0.2, 0.25) is 5.91 Å². The van der Waals surface area contributed by atoms with Gasteiger partial charge in [0.1, 0.15) is 18.0 Å². The van der Waals surface area contributed by atoms with Crippen LogP contribution in [-0.4, -0.2) is 59.5 Å². The largest absolute Gasteiger partial charge is 0.353 e. The van der Waals surface area contributed by atoms with Gasteiger partial charge in [-0.1, -0.05) is 26.0 Å². The van der Waals surface area contributed by atoms with E-state index >= 15 is 0 Å². The second-order valence-electron chi connectivity index (χ2n) is 8.49. The third-order valence-electron chi connectivity index (χ3n) is 6.01. The lowest BCUT2D eigenvalue weighted by Gasteiger charge is -2.38. The Labute approximate surface area is 211 Å². The number of thioether (sulfide) groups is 1. The number of aromatic nitrogens is 2. The number of nitrogens with zero attached hydrogens (tertiary/aromatic N) is 4. The van der Waals surface area contributed by atoms with E-state index in [0.717, 1.165) is 35.9 Å². The first-order valence-electron chi connectivity index (χ1n) is 10.9. The van der Waals surface area contributed by atoms with Crippen molar-refractivity contribution in [3.63, 3.8) is 0 Å². The number of anilines is 1. The zero-order valence-corrected chi connectivity index (χ0v) is 21.6. The van der Waals surface area contributed by atoms with E-state index in [4.69, 9.17) is 0 Å². The van der Waals surface area contributed by atoms with Gasteiger partial charge in [-0.25, -0.2) is 14.4 Å². The minimum atomic E-state index is -0.325. The summed E-state index contributed by atoms with van der Waals surface area (Å²) in [6.07, 6.45) is 1.66. The SMILES string of the molecule is CC(C)NCC(C(=O)N1CCN(c2ncnc3c2C(C)SC3)CC1)c1ccc(F)cc1.Cl.Cl. The fraction of sp³-hybridized carbons (Fsp3) is 0.522. The molecule has 2 aliphatic heterocycles. The van der Waals surface area contributed by atoms with Crippen molar-refractivity contribution in [2.24, 2.45) is 0 Å². The van der Waals surface area contributed by atoms with Gasteiger partial charge in [0, 0.05) is 55.3 Å². The Kier molecular flexibility index (Phi) is 10.2. The zero-order chi connectivity index (χ0) is 22.0. The van der Waals surface area contributed by atoms with E-state index in [1.54, 1.807) is 18.5 Å². The topological polar surface area (TPSA) is 61.4 Å². The van der Waals surface area contributed by atoms with E-state index in [2.05, 4.69) is 41.0 Å². The van der Waals surface area contributed by atoms with Crippen LogP contribution in [-0.2, 0) is 10.5 Å². The summed E-state index contributed by atoms with van der Waals surface area (Å²) in [6, 6.07) is 6.57. The lowest BCUT2D eigenvalue weighted by molar-refractivity contribution is -0.133.